The Bertz CT molecular complexity index is 968. The molecule has 25 heavy (non-hydrogen) atoms. The van der Waals surface area contributed by atoms with E-state index >= 15 is 0 Å². The minimum absolute atomic E-state index is 0.00703. The zero-order chi connectivity index (χ0) is 17.8. The van der Waals surface area contributed by atoms with Gasteiger partial charge in [0.15, 0.2) is 0 Å². The van der Waals surface area contributed by atoms with Gasteiger partial charge in [-0.25, -0.2) is 4.98 Å². The molecule has 0 aliphatic heterocycles. The van der Waals surface area contributed by atoms with Gasteiger partial charge in [-0.2, -0.15) is 10.2 Å². The Labute approximate surface area is 149 Å². The molecule has 0 spiro atoms. The molecule has 0 radical (unpaired) electrons. The number of nitrogens with zero attached hydrogens (tertiary/aromatic N) is 3. The summed E-state index contributed by atoms with van der Waals surface area (Å²) >= 11 is 6.16. The molecular weight excluding hydrogens is 338 g/mol. The number of benzene rings is 2. The van der Waals surface area contributed by atoms with Gasteiger partial charge in [0.25, 0.3) is 0 Å². The highest BCUT2D eigenvalue weighted by molar-refractivity contribution is 6.31. The summed E-state index contributed by atoms with van der Waals surface area (Å²) in [5.41, 5.74) is 13.4. The molecule has 0 saturated heterocycles. The highest BCUT2D eigenvalue weighted by Crippen LogP contribution is 2.33. The van der Waals surface area contributed by atoms with Crippen LogP contribution in [0.1, 0.15) is 11.1 Å². The minimum Gasteiger partial charge on any atom is -0.488 e. The van der Waals surface area contributed by atoms with Crippen LogP contribution >= 0.6 is 11.6 Å². The number of nitrogens with two attached hydrogens (primary N) is 2. The zero-order valence-electron chi connectivity index (χ0n) is 13.1. The van der Waals surface area contributed by atoms with Crippen molar-refractivity contribution in [2.75, 3.05) is 11.5 Å². The molecule has 124 valence electrons. The third-order valence-electron chi connectivity index (χ3n) is 3.55. The van der Waals surface area contributed by atoms with Gasteiger partial charge in [-0.05, 0) is 18.2 Å². The summed E-state index contributed by atoms with van der Waals surface area (Å²) in [5.74, 6) is 0.565. The summed E-state index contributed by atoms with van der Waals surface area (Å²) in [7, 11) is 0. The summed E-state index contributed by atoms with van der Waals surface area (Å²) in [6.07, 6.45) is 0. The lowest BCUT2D eigenvalue weighted by Gasteiger charge is -2.13. The van der Waals surface area contributed by atoms with Crippen LogP contribution in [-0.2, 0) is 6.61 Å². The van der Waals surface area contributed by atoms with Crippen molar-refractivity contribution in [1.29, 1.82) is 5.26 Å². The van der Waals surface area contributed by atoms with Gasteiger partial charge in [0.05, 0.1) is 5.69 Å². The number of nitriles is 1. The van der Waals surface area contributed by atoms with E-state index in [0.717, 1.165) is 5.56 Å². The molecule has 0 unspecified atom stereocenters. The maximum atomic E-state index is 9.38. The predicted octanol–water partition coefficient (Wildman–Crippen LogP) is 3.41. The van der Waals surface area contributed by atoms with Crippen molar-refractivity contribution in [2.24, 2.45) is 0 Å². The number of aromatic nitrogens is 2. The maximum absolute atomic E-state index is 9.38. The van der Waals surface area contributed by atoms with Crippen LogP contribution in [0, 0.1) is 11.3 Å². The average molecular weight is 352 g/mol. The normalized spacial score (nSPS) is 10.2. The number of rotatable bonds is 4. The Morgan fingerprint density at radius 3 is 2.52 bits per heavy atom. The Hall–Kier alpha value is -3.30. The zero-order valence-corrected chi connectivity index (χ0v) is 13.9. The second-order valence-electron chi connectivity index (χ2n) is 5.18. The van der Waals surface area contributed by atoms with Crippen molar-refractivity contribution in [1.82, 2.24) is 9.97 Å². The fourth-order valence-electron chi connectivity index (χ4n) is 2.36. The van der Waals surface area contributed by atoms with Crippen LogP contribution in [0.15, 0.2) is 48.5 Å². The van der Waals surface area contributed by atoms with E-state index in [1.165, 1.54) is 0 Å². The summed E-state index contributed by atoms with van der Waals surface area (Å²) in [6.45, 7) is 0.272. The van der Waals surface area contributed by atoms with Crippen molar-refractivity contribution in [2.45, 2.75) is 6.61 Å². The third-order valence-corrected chi connectivity index (χ3v) is 3.92. The van der Waals surface area contributed by atoms with Gasteiger partial charge >= 0.3 is 0 Å². The molecular formula is C18H14ClN5O. The van der Waals surface area contributed by atoms with Gasteiger partial charge in [-0.1, -0.05) is 41.9 Å². The van der Waals surface area contributed by atoms with Crippen molar-refractivity contribution in [3.05, 3.63) is 64.7 Å². The molecule has 3 aromatic rings. The second kappa shape index (κ2) is 7.07. The molecule has 0 atom stereocenters. The van der Waals surface area contributed by atoms with Gasteiger partial charge in [0.2, 0.25) is 5.95 Å². The molecule has 0 fully saturated rings. The lowest BCUT2D eigenvalue weighted by molar-refractivity contribution is 0.307. The third kappa shape index (κ3) is 3.47. The first-order valence-corrected chi connectivity index (χ1v) is 7.76. The van der Waals surface area contributed by atoms with E-state index in [4.69, 9.17) is 27.8 Å². The largest absolute Gasteiger partial charge is 0.488 e. The molecule has 2 aromatic carbocycles. The molecule has 0 amide bonds. The van der Waals surface area contributed by atoms with Crippen molar-refractivity contribution in [3.8, 4) is 23.1 Å². The van der Waals surface area contributed by atoms with Crippen molar-refractivity contribution >= 4 is 23.4 Å². The highest BCUT2D eigenvalue weighted by Gasteiger charge is 2.17. The number of hydrogen-bond donors (Lipinski definition) is 2. The molecule has 3 rings (SSSR count). The van der Waals surface area contributed by atoms with Crippen LogP contribution < -0.4 is 16.2 Å². The topological polar surface area (TPSA) is 111 Å². The number of ether oxygens (including phenoxy) is 1. The highest BCUT2D eigenvalue weighted by atomic mass is 35.5. The Balaban J connectivity index is 2.00. The maximum Gasteiger partial charge on any atom is 0.222 e. The monoisotopic (exact) mass is 351 g/mol. The molecule has 4 N–H and O–H groups in total. The lowest BCUT2D eigenvalue weighted by Crippen LogP contribution is -2.06. The van der Waals surface area contributed by atoms with Crippen LogP contribution in [0.3, 0.4) is 0 Å². The van der Waals surface area contributed by atoms with E-state index < -0.39 is 0 Å². The van der Waals surface area contributed by atoms with Crippen LogP contribution in [0.2, 0.25) is 5.02 Å². The van der Waals surface area contributed by atoms with Gasteiger partial charge in [-0.15, -0.1) is 0 Å². The van der Waals surface area contributed by atoms with E-state index in [1.54, 1.807) is 18.2 Å². The number of anilines is 2. The van der Waals surface area contributed by atoms with Gasteiger partial charge in [0.1, 0.15) is 29.8 Å². The van der Waals surface area contributed by atoms with Gasteiger partial charge < -0.3 is 16.2 Å². The summed E-state index contributed by atoms with van der Waals surface area (Å²) < 4.78 is 5.90. The molecule has 1 heterocycles. The Kier molecular flexibility index (Phi) is 4.68. The number of nitrogen functional groups attached to an aromatic ring is 2. The van der Waals surface area contributed by atoms with Crippen molar-refractivity contribution in [3.63, 3.8) is 0 Å². The van der Waals surface area contributed by atoms with Gasteiger partial charge in [0, 0.05) is 16.1 Å². The van der Waals surface area contributed by atoms with E-state index in [0.29, 0.717) is 22.0 Å². The fourth-order valence-corrected chi connectivity index (χ4v) is 2.55. The number of para-hydroxylation sites is 1. The molecule has 7 heteroatoms. The van der Waals surface area contributed by atoms with Gasteiger partial charge in [-0.3, -0.25) is 0 Å². The standard InChI is InChI=1S/C18H14ClN5O/c19-14-7-3-1-5-11(14)10-25-15-8-4-2-6-12(15)16-13(9-20)17(21)24-18(22)23-16/h1-8H,10H2,(H4,21,22,23,24). The lowest BCUT2D eigenvalue weighted by atomic mass is 10.1. The average Bonchev–Trinajstić information content (AvgIpc) is 2.61. The number of hydrogen-bond acceptors (Lipinski definition) is 6. The van der Waals surface area contributed by atoms with Crippen LogP contribution in [0.25, 0.3) is 11.3 Å². The van der Waals surface area contributed by atoms with E-state index in [9.17, 15) is 5.26 Å². The Morgan fingerprint density at radius 1 is 1.04 bits per heavy atom. The van der Waals surface area contributed by atoms with Crippen molar-refractivity contribution < 1.29 is 4.74 Å². The molecule has 6 nitrogen and oxygen atoms in total. The first-order valence-electron chi connectivity index (χ1n) is 7.39. The summed E-state index contributed by atoms with van der Waals surface area (Å²) in [6, 6.07) is 16.6. The molecule has 0 aliphatic rings. The van der Waals surface area contributed by atoms with E-state index in [2.05, 4.69) is 9.97 Å². The van der Waals surface area contributed by atoms with E-state index in [-0.39, 0.29) is 23.9 Å². The first-order chi connectivity index (χ1) is 12.1. The predicted molar refractivity (Wildman–Crippen MR) is 96.8 cm³/mol. The fraction of sp³-hybridized carbons (Fsp3) is 0.0556. The van der Waals surface area contributed by atoms with E-state index in [1.807, 2.05) is 36.4 Å². The SMILES string of the molecule is N#Cc1c(N)nc(N)nc1-c1ccccc1OCc1ccccc1Cl. The molecule has 0 aliphatic carbocycles. The molecule has 0 saturated carbocycles. The summed E-state index contributed by atoms with van der Waals surface area (Å²) in [5, 5.41) is 10.00. The quantitative estimate of drug-likeness (QED) is 0.745. The summed E-state index contributed by atoms with van der Waals surface area (Å²) in [4.78, 5) is 8.00. The van der Waals surface area contributed by atoms with Crippen LogP contribution in [0.4, 0.5) is 11.8 Å². The van der Waals surface area contributed by atoms with Crippen LogP contribution in [-0.4, -0.2) is 9.97 Å². The second-order valence-corrected chi connectivity index (χ2v) is 5.59. The number of halogens is 1. The smallest absolute Gasteiger partial charge is 0.222 e. The minimum atomic E-state index is -0.00703. The van der Waals surface area contributed by atoms with Crippen LogP contribution in [0.5, 0.6) is 5.75 Å². The first kappa shape index (κ1) is 16.6. The molecule has 1 aromatic heterocycles. The Morgan fingerprint density at radius 2 is 1.76 bits per heavy atom. The molecule has 0 bridgehead atoms.